The van der Waals surface area contributed by atoms with E-state index in [4.69, 9.17) is 4.84 Å². The Balaban J connectivity index is 2.01. The van der Waals surface area contributed by atoms with Gasteiger partial charge in [-0.3, -0.25) is 14.9 Å². The number of ketones is 1. The van der Waals surface area contributed by atoms with Gasteiger partial charge < -0.3 is 0 Å². The van der Waals surface area contributed by atoms with E-state index < -0.39 is 6.09 Å². The van der Waals surface area contributed by atoms with E-state index in [9.17, 15) is 9.59 Å². The summed E-state index contributed by atoms with van der Waals surface area (Å²) in [5.41, 5.74) is 3.49. The zero-order valence-electron chi connectivity index (χ0n) is 12.1. The molecule has 1 aromatic rings. The van der Waals surface area contributed by atoms with Gasteiger partial charge in [-0.1, -0.05) is 22.9 Å². The predicted molar refractivity (Wildman–Crippen MR) is 81.2 cm³/mol. The van der Waals surface area contributed by atoms with Crippen molar-refractivity contribution in [3.63, 3.8) is 0 Å². The second-order valence-corrected chi connectivity index (χ2v) is 4.79. The maximum Gasteiger partial charge on any atom is 0.437 e. The van der Waals surface area contributed by atoms with E-state index in [0.717, 1.165) is 5.56 Å². The number of nitrogens with one attached hydrogen (secondary N) is 1. The fourth-order valence-electron chi connectivity index (χ4n) is 1.75. The van der Waals surface area contributed by atoms with Gasteiger partial charge in [0.05, 0.1) is 0 Å². The van der Waals surface area contributed by atoms with Gasteiger partial charge in [-0.05, 0) is 50.6 Å². The van der Waals surface area contributed by atoms with Crippen molar-refractivity contribution < 1.29 is 14.4 Å². The lowest BCUT2D eigenvalue weighted by atomic mass is 9.97. The van der Waals surface area contributed by atoms with Crippen molar-refractivity contribution in [3.05, 3.63) is 53.1 Å². The quantitative estimate of drug-likeness (QED) is 0.514. The average molecular weight is 284 g/mol. The number of amides is 1. The number of aryl methyl sites for hydroxylation is 1. The molecule has 1 aliphatic rings. The lowest BCUT2D eigenvalue weighted by Gasteiger charge is -2.10. The van der Waals surface area contributed by atoms with Crippen molar-refractivity contribution >= 4 is 23.3 Å². The van der Waals surface area contributed by atoms with Crippen LogP contribution in [0.4, 0.5) is 10.5 Å². The Morgan fingerprint density at radius 2 is 1.71 bits per heavy atom. The minimum Gasteiger partial charge on any atom is -0.297 e. The maximum atomic E-state index is 11.6. The normalized spacial score (nSPS) is 16.3. The van der Waals surface area contributed by atoms with Gasteiger partial charge in [0.15, 0.2) is 5.78 Å². The number of carbonyl (C=O) groups is 2. The summed E-state index contributed by atoms with van der Waals surface area (Å²) in [5, 5.41) is 6.34. The maximum absolute atomic E-state index is 11.6. The summed E-state index contributed by atoms with van der Waals surface area (Å²) in [7, 11) is 0. The molecule has 0 heterocycles. The van der Waals surface area contributed by atoms with Crippen LogP contribution in [0.25, 0.3) is 0 Å². The number of carbonyl (C=O) groups excluding carboxylic acids is 2. The van der Waals surface area contributed by atoms with Crippen LogP contribution in [0.1, 0.15) is 19.4 Å². The summed E-state index contributed by atoms with van der Waals surface area (Å²) in [5.74, 6) is -0.0597. The van der Waals surface area contributed by atoms with Crippen LogP contribution in [-0.4, -0.2) is 17.6 Å². The number of hydrogen-bond donors (Lipinski definition) is 1. The molecule has 5 heteroatoms. The second-order valence-electron chi connectivity index (χ2n) is 4.79. The lowest BCUT2D eigenvalue weighted by molar-refractivity contribution is -0.111. The number of nitrogens with zero attached hydrogens (tertiary/aromatic N) is 1. The zero-order valence-corrected chi connectivity index (χ0v) is 12.1. The van der Waals surface area contributed by atoms with E-state index in [1.165, 1.54) is 12.2 Å². The van der Waals surface area contributed by atoms with Gasteiger partial charge >= 0.3 is 6.09 Å². The summed E-state index contributed by atoms with van der Waals surface area (Å²) in [4.78, 5) is 27.9. The fraction of sp³-hybridized carbons (Fsp3) is 0.188. The van der Waals surface area contributed by atoms with E-state index in [-0.39, 0.29) is 5.78 Å². The Kier molecular flexibility index (Phi) is 4.33. The molecule has 0 saturated heterocycles. The second kappa shape index (κ2) is 6.17. The fourth-order valence-corrected chi connectivity index (χ4v) is 1.75. The van der Waals surface area contributed by atoms with Crippen molar-refractivity contribution in [2.75, 3.05) is 5.32 Å². The molecule has 0 aliphatic heterocycles. The molecule has 0 spiro atoms. The number of oxime groups is 1. The molecule has 1 aromatic carbocycles. The molecule has 2 rings (SSSR count). The summed E-state index contributed by atoms with van der Waals surface area (Å²) >= 11 is 0. The van der Waals surface area contributed by atoms with Crippen LogP contribution in [0.5, 0.6) is 0 Å². The summed E-state index contributed by atoms with van der Waals surface area (Å²) in [6.07, 6.45) is 2.26. The first-order chi connectivity index (χ1) is 9.97. The standard InChI is InChI=1S/C16H16N2O3/c1-10-4-6-13(7-5-10)17-16(20)21-18-14-8-9-15(19)12(3)11(14)2/h4-9H,1-3H3,(H,17,20). The molecule has 0 radical (unpaired) electrons. The number of hydrogen-bond acceptors (Lipinski definition) is 4. The number of allylic oxidation sites excluding steroid dienone is 4. The van der Waals surface area contributed by atoms with Crippen LogP contribution in [0.15, 0.2) is 52.7 Å². The molecule has 0 bridgehead atoms. The molecular formula is C16H16N2O3. The molecule has 21 heavy (non-hydrogen) atoms. The van der Waals surface area contributed by atoms with Crippen LogP contribution < -0.4 is 5.32 Å². The molecule has 0 aromatic heterocycles. The Morgan fingerprint density at radius 1 is 1.05 bits per heavy atom. The zero-order chi connectivity index (χ0) is 15.4. The number of rotatable bonds is 2. The number of benzene rings is 1. The van der Waals surface area contributed by atoms with E-state index in [1.54, 1.807) is 26.0 Å². The first-order valence-electron chi connectivity index (χ1n) is 6.50. The first kappa shape index (κ1) is 14.7. The van der Waals surface area contributed by atoms with Crippen LogP contribution in [-0.2, 0) is 9.63 Å². The largest absolute Gasteiger partial charge is 0.437 e. The minimum absolute atomic E-state index is 0.0597. The lowest BCUT2D eigenvalue weighted by Crippen LogP contribution is -2.15. The molecule has 0 fully saturated rings. The highest BCUT2D eigenvalue weighted by Crippen LogP contribution is 2.14. The van der Waals surface area contributed by atoms with Crippen molar-refractivity contribution in [1.82, 2.24) is 0 Å². The van der Waals surface area contributed by atoms with Gasteiger partial charge in [-0.15, -0.1) is 0 Å². The molecule has 5 nitrogen and oxygen atoms in total. The summed E-state index contributed by atoms with van der Waals surface area (Å²) in [6.45, 7) is 5.43. The predicted octanol–water partition coefficient (Wildman–Crippen LogP) is 3.37. The summed E-state index contributed by atoms with van der Waals surface area (Å²) in [6, 6.07) is 7.32. The third-order valence-electron chi connectivity index (χ3n) is 3.23. The van der Waals surface area contributed by atoms with Crippen molar-refractivity contribution in [1.29, 1.82) is 0 Å². The molecule has 0 atom stereocenters. The molecule has 1 aliphatic carbocycles. The minimum atomic E-state index is -0.679. The molecule has 1 amide bonds. The molecule has 0 saturated carbocycles. The van der Waals surface area contributed by atoms with Crippen molar-refractivity contribution in [2.45, 2.75) is 20.8 Å². The Morgan fingerprint density at radius 3 is 2.38 bits per heavy atom. The van der Waals surface area contributed by atoms with E-state index in [2.05, 4.69) is 10.5 Å². The van der Waals surface area contributed by atoms with Gasteiger partial charge in [0.2, 0.25) is 0 Å². The van der Waals surface area contributed by atoms with Crippen molar-refractivity contribution in [2.24, 2.45) is 5.16 Å². The topological polar surface area (TPSA) is 67.8 Å². The molecular weight excluding hydrogens is 268 g/mol. The van der Waals surface area contributed by atoms with Crippen LogP contribution in [0.3, 0.4) is 0 Å². The third kappa shape index (κ3) is 3.66. The smallest absolute Gasteiger partial charge is 0.297 e. The number of anilines is 1. The molecule has 1 N–H and O–H groups in total. The van der Waals surface area contributed by atoms with E-state index in [0.29, 0.717) is 22.5 Å². The first-order valence-corrected chi connectivity index (χ1v) is 6.50. The summed E-state index contributed by atoms with van der Waals surface area (Å²) < 4.78 is 0. The van der Waals surface area contributed by atoms with Gasteiger partial charge in [-0.2, -0.15) is 0 Å². The Bertz CT molecular complexity index is 667. The van der Waals surface area contributed by atoms with E-state index >= 15 is 0 Å². The van der Waals surface area contributed by atoms with Gasteiger partial charge in [0, 0.05) is 11.3 Å². The van der Waals surface area contributed by atoms with E-state index in [1.807, 2.05) is 19.1 Å². The van der Waals surface area contributed by atoms with Gasteiger partial charge in [0.25, 0.3) is 0 Å². The SMILES string of the molecule is CC1=C(C)C(=NOC(=O)Nc2ccc(C)cc2)C=CC1=O. The van der Waals surface area contributed by atoms with Crippen LogP contribution in [0, 0.1) is 6.92 Å². The molecule has 0 unspecified atom stereocenters. The highest BCUT2D eigenvalue weighted by Gasteiger charge is 2.15. The highest BCUT2D eigenvalue weighted by atomic mass is 16.7. The van der Waals surface area contributed by atoms with Crippen LogP contribution in [0.2, 0.25) is 0 Å². The monoisotopic (exact) mass is 284 g/mol. The highest BCUT2D eigenvalue weighted by molar-refractivity contribution is 6.21. The van der Waals surface area contributed by atoms with Crippen LogP contribution >= 0.6 is 0 Å². The Labute approximate surface area is 123 Å². The molecule has 108 valence electrons. The van der Waals surface area contributed by atoms with Gasteiger partial charge in [-0.25, -0.2) is 4.79 Å². The van der Waals surface area contributed by atoms with Crippen molar-refractivity contribution in [3.8, 4) is 0 Å². The average Bonchev–Trinajstić information content (AvgIpc) is 2.46. The Hall–Kier alpha value is -2.69. The van der Waals surface area contributed by atoms with Gasteiger partial charge in [0.1, 0.15) is 5.71 Å². The third-order valence-corrected chi connectivity index (χ3v) is 3.23.